The topological polar surface area (TPSA) is 150 Å². The minimum absolute atomic E-state index is 0.357. The number of carbonyl (C=O) groups is 3. The van der Waals surface area contributed by atoms with Crippen molar-refractivity contribution in [3.63, 3.8) is 0 Å². The third-order valence-corrected chi connectivity index (χ3v) is 4.36. The molecule has 0 saturated heterocycles. The molecule has 0 aliphatic heterocycles. The van der Waals surface area contributed by atoms with Crippen molar-refractivity contribution < 1.29 is 29.7 Å². The van der Waals surface area contributed by atoms with Gasteiger partial charge in [0.25, 0.3) is 0 Å². The Kier molecular flexibility index (Phi) is 11.5. The van der Waals surface area contributed by atoms with Crippen LogP contribution in [0.4, 0.5) is 0 Å². The largest absolute Gasteiger partial charge is 0.480 e. The molecule has 1 heterocycles. The first kappa shape index (κ1) is 24.0. The van der Waals surface area contributed by atoms with Gasteiger partial charge in [-0.25, -0.2) is 0 Å². The highest BCUT2D eigenvalue weighted by Gasteiger charge is 2.22. The summed E-state index contributed by atoms with van der Waals surface area (Å²) >= 11 is 1.56. The highest BCUT2D eigenvalue weighted by molar-refractivity contribution is 7.09. The highest BCUT2D eigenvalue weighted by Crippen LogP contribution is 2.12. The number of carboxylic acids is 3. The van der Waals surface area contributed by atoms with Crippen molar-refractivity contribution in [1.82, 2.24) is 5.32 Å². The fraction of sp³-hybridized carbons (Fsp3) is 0.588. The van der Waals surface area contributed by atoms with E-state index in [-0.39, 0.29) is 0 Å². The molecular weight excluding hydrogens is 360 g/mol. The number of hydrogen-bond acceptors (Lipinski definition) is 6. The second-order valence-corrected chi connectivity index (χ2v) is 7.34. The van der Waals surface area contributed by atoms with E-state index >= 15 is 0 Å². The van der Waals surface area contributed by atoms with E-state index in [0.29, 0.717) is 25.2 Å². The molecule has 26 heavy (non-hydrogen) atoms. The Morgan fingerprint density at radius 2 is 1.73 bits per heavy atom. The van der Waals surface area contributed by atoms with E-state index in [2.05, 4.69) is 5.32 Å². The molecule has 0 bridgehead atoms. The second kappa shape index (κ2) is 12.4. The van der Waals surface area contributed by atoms with Gasteiger partial charge in [-0.3, -0.25) is 19.7 Å². The van der Waals surface area contributed by atoms with E-state index in [1.165, 1.54) is 6.92 Å². The van der Waals surface area contributed by atoms with E-state index in [1.807, 2.05) is 31.4 Å². The Labute approximate surface area is 157 Å². The lowest BCUT2D eigenvalue weighted by atomic mass is 10.1. The third-order valence-electron chi connectivity index (χ3n) is 3.42. The summed E-state index contributed by atoms with van der Waals surface area (Å²) in [6, 6.07) is 1.46. The van der Waals surface area contributed by atoms with Gasteiger partial charge in [0.15, 0.2) is 0 Å². The zero-order valence-electron chi connectivity index (χ0n) is 15.2. The Hall–Kier alpha value is -1.97. The standard InChI is InChI=1S/C11H15NO4S.C6H13NO2/c1-7(10(13)14)12-9(11(15)16)5-4-8-3-2-6-17-8;1-4(2)3-5(7)6(8)9/h2-3,6-7,9,12H,4-5H2,1H3,(H,13,14)(H,15,16);4-5H,3,7H2,1-2H3,(H,8,9)/t7-,9+;/m1./s1. The molecule has 1 aromatic heterocycles. The van der Waals surface area contributed by atoms with Gasteiger partial charge in [-0.05, 0) is 43.6 Å². The molecule has 1 unspecified atom stereocenters. The summed E-state index contributed by atoms with van der Waals surface area (Å²) in [6.45, 7) is 5.33. The summed E-state index contributed by atoms with van der Waals surface area (Å²) in [5.74, 6) is -2.62. The Morgan fingerprint density at radius 1 is 1.12 bits per heavy atom. The summed E-state index contributed by atoms with van der Waals surface area (Å²) in [5.41, 5.74) is 5.22. The lowest BCUT2D eigenvalue weighted by Gasteiger charge is -2.16. The van der Waals surface area contributed by atoms with E-state index < -0.39 is 36.0 Å². The molecule has 0 spiro atoms. The predicted molar refractivity (Wildman–Crippen MR) is 99.4 cm³/mol. The van der Waals surface area contributed by atoms with Gasteiger partial charge >= 0.3 is 17.9 Å². The van der Waals surface area contributed by atoms with Crippen LogP contribution in [0.3, 0.4) is 0 Å². The van der Waals surface area contributed by atoms with Crippen molar-refractivity contribution in [3.05, 3.63) is 22.4 Å². The van der Waals surface area contributed by atoms with Crippen LogP contribution in [0.5, 0.6) is 0 Å². The smallest absolute Gasteiger partial charge is 0.320 e. The summed E-state index contributed by atoms with van der Waals surface area (Å²) in [7, 11) is 0. The third kappa shape index (κ3) is 10.8. The molecule has 0 amide bonds. The zero-order valence-corrected chi connectivity index (χ0v) is 16.0. The minimum atomic E-state index is -1.05. The number of aryl methyl sites for hydroxylation is 1. The van der Waals surface area contributed by atoms with Crippen LogP contribution >= 0.6 is 11.3 Å². The zero-order chi connectivity index (χ0) is 20.3. The molecule has 0 aliphatic carbocycles. The fourth-order valence-electron chi connectivity index (χ4n) is 2.00. The summed E-state index contributed by atoms with van der Waals surface area (Å²) in [6.07, 6.45) is 1.57. The van der Waals surface area contributed by atoms with Crippen LogP contribution < -0.4 is 11.1 Å². The molecule has 0 aliphatic rings. The Balaban J connectivity index is 0.000000590. The van der Waals surface area contributed by atoms with Crippen LogP contribution in [0.1, 0.15) is 38.5 Å². The van der Waals surface area contributed by atoms with Crippen LogP contribution in [-0.2, 0) is 20.8 Å². The van der Waals surface area contributed by atoms with Gasteiger partial charge in [-0.2, -0.15) is 0 Å². The summed E-state index contributed by atoms with van der Waals surface area (Å²) in [5, 5.41) is 30.5. The lowest BCUT2D eigenvalue weighted by Crippen LogP contribution is -2.45. The first-order valence-corrected chi connectivity index (χ1v) is 9.15. The molecule has 0 saturated carbocycles. The summed E-state index contributed by atoms with van der Waals surface area (Å²) in [4.78, 5) is 32.8. The SMILES string of the molecule is CC(C)CC(N)C(=O)O.C[C@@H](N[C@@H](CCc1cccs1)C(=O)O)C(=O)O. The fourth-order valence-corrected chi connectivity index (χ4v) is 2.73. The first-order valence-electron chi connectivity index (χ1n) is 8.27. The number of rotatable bonds is 10. The normalized spacial score (nSPS) is 14.0. The molecule has 6 N–H and O–H groups in total. The van der Waals surface area contributed by atoms with Crippen molar-refractivity contribution >= 4 is 29.2 Å². The first-order chi connectivity index (χ1) is 12.0. The van der Waals surface area contributed by atoms with E-state index in [0.717, 1.165) is 4.88 Å². The number of nitrogens with two attached hydrogens (primary N) is 1. The average molecular weight is 388 g/mol. The van der Waals surface area contributed by atoms with E-state index in [1.54, 1.807) is 11.3 Å². The predicted octanol–water partition coefficient (Wildman–Crippen LogP) is 1.64. The van der Waals surface area contributed by atoms with Gasteiger partial charge in [0.05, 0.1) is 0 Å². The van der Waals surface area contributed by atoms with Crippen LogP contribution in [0.15, 0.2) is 17.5 Å². The minimum Gasteiger partial charge on any atom is -0.480 e. The van der Waals surface area contributed by atoms with Gasteiger partial charge in [-0.1, -0.05) is 19.9 Å². The van der Waals surface area contributed by atoms with Crippen LogP contribution in [0.2, 0.25) is 0 Å². The maximum atomic E-state index is 11.0. The maximum Gasteiger partial charge on any atom is 0.320 e. The molecule has 1 rings (SSSR count). The molecule has 148 valence electrons. The van der Waals surface area contributed by atoms with Gasteiger partial charge in [0.1, 0.15) is 18.1 Å². The number of nitrogens with one attached hydrogen (secondary N) is 1. The van der Waals surface area contributed by atoms with Gasteiger partial charge in [0, 0.05) is 4.88 Å². The maximum absolute atomic E-state index is 11.0. The molecule has 0 fully saturated rings. The molecule has 9 heteroatoms. The number of thiophene rings is 1. The van der Waals surface area contributed by atoms with Crippen molar-refractivity contribution in [2.24, 2.45) is 11.7 Å². The number of aliphatic carboxylic acids is 3. The van der Waals surface area contributed by atoms with Gasteiger partial charge in [-0.15, -0.1) is 11.3 Å². The number of carboxylic acid groups (broad SMARTS) is 3. The van der Waals surface area contributed by atoms with Crippen LogP contribution in [0.25, 0.3) is 0 Å². The van der Waals surface area contributed by atoms with Crippen molar-refractivity contribution in [1.29, 1.82) is 0 Å². The average Bonchev–Trinajstić information content (AvgIpc) is 3.03. The molecule has 8 nitrogen and oxygen atoms in total. The summed E-state index contributed by atoms with van der Waals surface area (Å²) < 4.78 is 0. The van der Waals surface area contributed by atoms with Crippen molar-refractivity contribution in [3.8, 4) is 0 Å². The van der Waals surface area contributed by atoms with Crippen LogP contribution in [-0.4, -0.2) is 51.4 Å². The Bertz CT molecular complexity index is 562. The second-order valence-electron chi connectivity index (χ2n) is 6.31. The molecule has 3 atom stereocenters. The quantitative estimate of drug-likeness (QED) is 0.406. The van der Waals surface area contributed by atoms with Crippen molar-refractivity contribution in [2.45, 2.75) is 58.2 Å². The van der Waals surface area contributed by atoms with Crippen molar-refractivity contribution in [2.75, 3.05) is 0 Å². The molecule has 0 radical (unpaired) electrons. The van der Waals surface area contributed by atoms with Gasteiger partial charge in [0.2, 0.25) is 0 Å². The van der Waals surface area contributed by atoms with E-state index in [9.17, 15) is 14.4 Å². The monoisotopic (exact) mass is 388 g/mol. The van der Waals surface area contributed by atoms with Crippen LogP contribution in [0, 0.1) is 5.92 Å². The molecule has 0 aromatic carbocycles. The molecular formula is C17H28N2O6S. The lowest BCUT2D eigenvalue weighted by molar-refractivity contribution is -0.142. The Morgan fingerprint density at radius 3 is 2.08 bits per heavy atom. The highest BCUT2D eigenvalue weighted by atomic mass is 32.1. The number of hydrogen-bond donors (Lipinski definition) is 5. The van der Waals surface area contributed by atoms with Gasteiger partial charge < -0.3 is 21.1 Å². The van der Waals surface area contributed by atoms with E-state index in [4.69, 9.17) is 21.1 Å². The molecule has 1 aromatic rings.